The van der Waals surface area contributed by atoms with Crippen LogP contribution < -0.4 is 4.90 Å². The predicted octanol–water partition coefficient (Wildman–Crippen LogP) is 6.59. The summed E-state index contributed by atoms with van der Waals surface area (Å²) in [6.45, 7) is 4.60. The summed E-state index contributed by atoms with van der Waals surface area (Å²) in [5.41, 5.74) is 3.23. The predicted molar refractivity (Wildman–Crippen MR) is 161 cm³/mol. The van der Waals surface area contributed by atoms with Crippen molar-refractivity contribution < 1.29 is 22.3 Å². The highest BCUT2D eigenvalue weighted by Crippen LogP contribution is 2.46. The van der Waals surface area contributed by atoms with Gasteiger partial charge in [-0.3, -0.25) is 4.79 Å². The summed E-state index contributed by atoms with van der Waals surface area (Å²) in [4.78, 5) is 14.8. The third-order valence-corrected chi connectivity index (χ3v) is 10.3. The maximum Gasteiger partial charge on any atom is 0.315 e. The number of fused-ring (bicyclic) bond motifs is 1. The van der Waals surface area contributed by atoms with E-state index in [4.69, 9.17) is 4.74 Å². The van der Waals surface area contributed by atoms with E-state index < -0.39 is 21.3 Å². The lowest BCUT2D eigenvalue weighted by molar-refractivity contribution is -0.153. The molecule has 2 aromatic heterocycles. The second-order valence-electron chi connectivity index (χ2n) is 10.7. The zero-order valence-corrected chi connectivity index (χ0v) is 24.7. The number of aryl methyl sites for hydroxylation is 1. The van der Waals surface area contributed by atoms with Crippen molar-refractivity contribution in [3.8, 4) is 28.5 Å². The zero-order valence-electron chi connectivity index (χ0n) is 23.1. The number of benzene rings is 3. The number of halogens is 1. The Bertz CT molecular complexity index is 2010. The van der Waals surface area contributed by atoms with Crippen molar-refractivity contribution in [2.24, 2.45) is 5.41 Å². The Morgan fingerprint density at radius 1 is 1.07 bits per heavy atom. The van der Waals surface area contributed by atoms with E-state index in [1.165, 1.54) is 40.6 Å². The third kappa shape index (κ3) is 4.37. The van der Waals surface area contributed by atoms with E-state index in [9.17, 15) is 22.9 Å². The number of nitriles is 1. The lowest BCUT2D eigenvalue weighted by Gasteiger charge is -2.47. The van der Waals surface area contributed by atoms with Crippen LogP contribution in [0.4, 0.5) is 10.1 Å². The van der Waals surface area contributed by atoms with E-state index in [0.717, 1.165) is 11.3 Å². The minimum atomic E-state index is -4.18. The van der Waals surface area contributed by atoms with Gasteiger partial charge in [-0.25, -0.2) is 16.8 Å². The van der Waals surface area contributed by atoms with Crippen molar-refractivity contribution in [1.29, 1.82) is 5.26 Å². The molecule has 0 N–H and O–H groups in total. The molecule has 6 rings (SSSR count). The molecule has 1 aliphatic heterocycles. The van der Waals surface area contributed by atoms with Crippen LogP contribution in [0.5, 0.6) is 0 Å². The normalized spacial score (nSPS) is 14.4. The topological polar surface area (TPSA) is 92.4 Å². The van der Waals surface area contributed by atoms with Crippen LogP contribution in [0.15, 0.2) is 83.1 Å². The summed E-state index contributed by atoms with van der Waals surface area (Å²) < 4.78 is 49.8. The highest BCUT2D eigenvalue weighted by Gasteiger charge is 2.46. The Balaban J connectivity index is 1.64. The molecule has 0 bridgehead atoms. The lowest BCUT2D eigenvalue weighted by Crippen LogP contribution is -2.59. The maximum atomic E-state index is 14.8. The summed E-state index contributed by atoms with van der Waals surface area (Å²) in [6, 6.07) is 21.9. The molecule has 3 heterocycles. The SMILES string of the molecule is COC(=O)C1(C)CN(c2cccc(-c3c(-c4ccsc4C#N)c4cc(F)ccc4n3S(=O)(=O)c3ccc(C)cc3)c2)C1. The number of rotatable bonds is 6. The van der Waals surface area contributed by atoms with Gasteiger partial charge in [0.05, 0.1) is 28.6 Å². The largest absolute Gasteiger partial charge is 0.468 e. The summed E-state index contributed by atoms with van der Waals surface area (Å²) in [5, 5.41) is 12.1. The highest BCUT2D eigenvalue weighted by molar-refractivity contribution is 7.90. The number of aromatic nitrogens is 1. The molecule has 0 atom stereocenters. The van der Waals surface area contributed by atoms with E-state index >= 15 is 0 Å². The second kappa shape index (κ2) is 10.1. The molecule has 10 heteroatoms. The van der Waals surface area contributed by atoms with Gasteiger partial charge in [-0.05, 0) is 67.8 Å². The molecule has 5 aromatic rings. The minimum absolute atomic E-state index is 0.0840. The molecule has 0 spiro atoms. The van der Waals surface area contributed by atoms with Crippen molar-refractivity contribution in [2.75, 3.05) is 25.1 Å². The van der Waals surface area contributed by atoms with Crippen LogP contribution in [0, 0.1) is 29.5 Å². The molecular formula is C32H26FN3O4S2. The Morgan fingerprint density at radius 3 is 2.50 bits per heavy atom. The number of ether oxygens (including phenoxy) is 1. The van der Waals surface area contributed by atoms with Gasteiger partial charge in [-0.1, -0.05) is 29.8 Å². The number of hydrogen-bond donors (Lipinski definition) is 0. The number of carbonyl (C=O) groups excluding carboxylic acids is 1. The van der Waals surface area contributed by atoms with Crippen molar-refractivity contribution in [3.05, 3.63) is 94.4 Å². The van der Waals surface area contributed by atoms with Gasteiger partial charge < -0.3 is 9.64 Å². The Labute approximate surface area is 247 Å². The molecule has 1 aliphatic rings. The Hall–Kier alpha value is -4.46. The van der Waals surface area contributed by atoms with E-state index in [0.29, 0.717) is 51.3 Å². The van der Waals surface area contributed by atoms with Crippen LogP contribution >= 0.6 is 11.3 Å². The monoisotopic (exact) mass is 599 g/mol. The molecule has 3 aromatic carbocycles. The quantitative estimate of drug-likeness (QED) is 0.205. The van der Waals surface area contributed by atoms with Crippen LogP contribution in [0.3, 0.4) is 0 Å². The zero-order chi connectivity index (χ0) is 29.8. The van der Waals surface area contributed by atoms with E-state index in [2.05, 4.69) is 6.07 Å². The van der Waals surface area contributed by atoms with E-state index in [1.807, 2.05) is 36.9 Å². The lowest BCUT2D eigenvalue weighted by atomic mass is 9.81. The van der Waals surface area contributed by atoms with Gasteiger partial charge in [0.1, 0.15) is 16.8 Å². The number of nitrogens with zero attached hydrogens (tertiary/aromatic N) is 3. The Kier molecular flexibility index (Phi) is 6.67. The van der Waals surface area contributed by atoms with Gasteiger partial charge in [0, 0.05) is 40.9 Å². The van der Waals surface area contributed by atoms with Gasteiger partial charge in [0.25, 0.3) is 10.0 Å². The van der Waals surface area contributed by atoms with Gasteiger partial charge >= 0.3 is 5.97 Å². The molecular weight excluding hydrogens is 574 g/mol. The first-order chi connectivity index (χ1) is 20.1. The molecule has 1 saturated heterocycles. The van der Waals surface area contributed by atoms with Crippen molar-refractivity contribution in [1.82, 2.24) is 3.97 Å². The standard InChI is InChI=1S/C32H26FN3O4S2/c1-20-7-10-24(11-8-20)42(38,39)36-27-12-9-22(33)16-26(27)29(25-13-14-41-28(25)17-34)30(36)21-5-4-6-23(15-21)35-18-32(2,19-35)31(37)40-3/h4-16H,18-19H2,1-3H3. The first-order valence-corrected chi connectivity index (χ1v) is 15.5. The maximum absolute atomic E-state index is 14.8. The van der Waals surface area contributed by atoms with Crippen LogP contribution in [-0.2, 0) is 19.6 Å². The molecule has 7 nitrogen and oxygen atoms in total. The first kappa shape index (κ1) is 27.7. The minimum Gasteiger partial charge on any atom is -0.468 e. The smallest absolute Gasteiger partial charge is 0.315 e. The van der Waals surface area contributed by atoms with Crippen LogP contribution in [0.1, 0.15) is 17.4 Å². The fourth-order valence-corrected chi connectivity index (χ4v) is 7.87. The number of hydrogen-bond acceptors (Lipinski definition) is 7. The molecule has 0 saturated carbocycles. The van der Waals surface area contributed by atoms with Crippen LogP contribution in [0.25, 0.3) is 33.3 Å². The van der Waals surface area contributed by atoms with E-state index in [1.54, 1.807) is 41.8 Å². The first-order valence-electron chi connectivity index (χ1n) is 13.2. The summed E-state index contributed by atoms with van der Waals surface area (Å²) in [5.74, 6) is -0.810. The van der Waals surface area contributed by atoms with Gasteiger partial charge in [0.2, 0.25) is 0 Å². The number of methoxy groups -OCH3 is 1. The average molecular weight is 600 g/mol. The van der Waals surface area contributed by atoms with Crippen LogP contribution in [0.2, 0.25) is 0 Å². The Morgan fingerprint density at radius 2 is 1.81 bits per heavy atom. The third-order valence-electron chi connectivity index (χ3n) is 7.72. The van der Waals surface area contributed by atoms with Crippen molar-refractivity contribution in [3.63, 3.8) is 0 Å². The van der Waals surface area contributed by atoms with Gasteiger partial charge in [-0.2, -0.15) is 5.26 Å². The summed E-state index contributed by atoms with van der Waals surface area (Å²) in [6.07, 6.45) is 0. The van der Waals surface area contributed by atoms with Gasteiger partial charge in [-0.15, -0.1) is 11.3 Å². The molecule has 0 amide bonds. The van der Waals surface area contributed by atoms with Crippen molar-refractivity contribution in [2.45, 2.75) is 18.7 Å². The average Bonchev–Trinajstić information content (AvgIpc) is 3.57. The molecule has 0 unspecified atom stereocenters. The summed E-state index contributed by atoms with van der Waals surface area (Å²) >= 11 is 1.24. The molecule has 0 radical (unpaired) electrons. The van der Waals surface area contributed by atoms with Gasteiger partial charge in [0.15, 0.2) is 0 Å². The van der Waals surface area contributed by atoms with E-state index in [-0.39, 0.29) is 10.9 Å². The number of thiophene rings is 1. The fraction of sp³-hybridized carbons (Fsp3) is 0.188. The molecule has 42 heavy (non-hydrogen) atoms. The number of esters is 1. The van der Waals surface area contributed by atoms with Crippen molar-refractivity contribution >= 4 is 43.9 Å². The molecule has 1 fully saturated rings. The fourth-order valence-electron chi connectivity index (χ4n) is 5.63. The molecule has 212 valence electrons. The molecule has 0 aliphatic carbocycles. The number of anilines is 1. The second-order valence-corrected chi connectivity index (χ2v) is 13.4. The highest BCUT2D eigenvalue weighted by atomic mass is 32.2. The van der Waals surface area contributed by atoms with Crippen LogP contribution in [-0.4, -0.2) is 38.6 Å². The summed E-state index contributed by atoms with van der Waals surface area (Å²) in [7, 11) is -2.81. The number of carbonyl (C=O) groups is 1.